The van der Waals surface area contributed by atoms with Gasteiger partial charge < -0.3 is 5.32 Å². The normalized spacial score (nSPS) is 18.1. The Bertz CT molecular complexity index is 742. The van der Waals surface area contributed by atoms with Crippen LogP contribution in [0.2, 0.25) is 0 Å². The lowest BCUT2D eigenvalue weighted by atomic mass is 10.1. The van der Waals surface area contributed by atoms with E-state index in [1.807, 2.05) is 44.2 Å². The predicted molar refractivity (Wildman–Crippen MR) is 84.3 cm³/mol. The van der Waals surface area contributed by atoms with E-state index in [0.29, 0.717) is 6.42 Å². The Labute approximate surface area is 129 Å². The first kappa shape index (κ1) is 14.5. The van der Waals surface area contributed by atoms with Crippen molar-refractivity contribution in [2.24, 2.45) is 0 Å². The van der Waals surface area contributed by atoms with Crippen molar-refractivity contribution < 1.29 is 9.59 Å². The largest absolute Gasteiger partial charge is 0.326 e. The third-order valence-corrected chi connectivity index (χ3v) is 3.94. The molecule has 2 aromatic rings. The molecule has 0 unspecified atom stereocenters. The Hall–Kier alpha value is -2.43. The van der Waals surface area contributed by atoms with Crippen LogP contribution in [-0.4, -0.2) is 27.9 Å². The van der Waals surface area contributed by atoms with Crippen LogP contribution in [0.4, 0.5) is 4.79 Å². The third-order valence-electron chi connectivity index (χ3n) is 3.94. The van der Waals surface area contributed by atoms with Crippen molar-refractivity contribution in [3.05, 3.63) is 41.6 Å². The lowest BCUT2D eigenvalue weighted by molar-refractivity contribution is -0.128. The van der Waals surface area contributed by atoms with Crippen molar-refractivity contribution >= 4 is 22.8 Å². The first-order chi connectivity index (χ1) is 10.6. The SMILES string of the molecule is CCC[C@@H]1NC(=O)N(Cc2cc(C)nc3ccccc23)C1=O. The molecule has 0 radical (unpaired) electrons. The fourth-order valence-electron chi connectivity index (χ4n) is 2.91. The van der Waals surface area contributed by atoms with Gasteiger partial charge in [0, 0.05) is 11.1 Å². The summed E-state index contributed by atoms with van der Waals surface area (Å²) in [5.41, 5.74) is 2.71. The first-order valence-electron chi connectivity index (χ1n) is 7.57. The number of carbonyl (C=O) groups excluding carboxylic acids is 2. The van der Waals surface area contributed by atoms with Crippen LogP contribution >= 0.6 is 0 Å². The number of imide groups is 1. The van der Waals surface area contributed by atoms with E-state index in [9.17, 15) is 9.59 Å². The van der Waals surface area contributed by atoms with Gasteiger partial charge in [-0.1, -0.05) is 31.5 Å². The van der Waals surface area contributed by atoms with Gasteiger partial charge in [-0.05, 0) is 31.0 Å². The lowest BCUT2D eigenvalue weighted by Gasteiger charge is -2.15. The number of amides is 3. The number of pyridine rings is 1. The van der Waals surface area contributed by atoms with Crippen molar-refractivity contribution in [3.8, 4) is 0 Å². The van der Waals surface area contributed by atoms with Crippen molar-refractivity contribution in [3.63, 3.8) is 0 Å². The molecule has 1 aliphatic rings. The minimum atomic E-state index is -0.383. The number of para-hydroxylation sites is 1. The molecule has 22 heavy (non-hydrogen) atoms. The van der Waals surface area contributed by atoms with Gasteiger partial charge in [-0.2, -0.15) is 0 Å². The van der Waals surface area contributed by atoms with Crippen LogP contribution < -0.4 is 5.32 Å². The smallest absolute Gasteiger partial charge is 0.325 e. The molecule has 1 aromatic heterocycles. The van der Waals surface area contributed by atoms with Gasteiger partial charge in [-0.3, -0.25) is 14.7 Å². The molecular weight excluding hydrogens is 278 g/mol. The fraction of sp³-hybridized carbons (Fsp3) is 0.353. The molecule has 0 bridgehead atoms. The molecule has 1 N–H and O–H groups in total. The van der Waals surface area contributed by atoms with Crippen molar-refractivity contribution in [2.75, 3.05) is 0 Å². The number of nitrogens with zero attached hydrogens (tertiary/aromatic N) is 2. The molecule has 0 saturated carbocycles. The van der Waals surface area contributed by atoms with Crippen molar-refractivity contribution in [1.29, 1.82) is 0 Å². The number of hydrogen-bond acceptors (Lipinski definition) is 3. The van der Waals surface area contributed by atoms with E-state index in [1.54, 1.807) is 0 Å². The highest BCUT2D eigenvalue weighted by molar-refractivity contribution is 6.04. The number of fused-ring (bicyclic) bond motifs is 1. The molecule has 1 atom stereocenters. The molecule has 1 aromatic carbocycles. The molecule has 0 aliphatic carbocycles. The van der Waals surface area contributed by atoms with Crippen LogP contribution in [0.25, 0.3) is 10.9 Å². The molecular formula is C17H19N3O2. The molecule has 1 aliphatic heterocycles. The summed E-state index contributed by atoms with van der Waals surface area (Å²) in [6.45, 7) is 4.21. The van der Waals surface area contributed by atoms with Crippen molar-refractivity contribution in [1.82, 2.24) is 15.2 Å². The van der Waals surface area contributed by atoms with Crippen LogP contribution in [0.15, 0.2) is 30.3 Å². The number of benzene rings is 1. The second-order valence-electron chi connectivity index (χ2n) is 5.66. The standard InChI is InChI=1S/C17H19N3O2/c1-3-6-15-16(21)20(17(22)19-15)10-12-9-11(2)18-14-8-5-4-7-13(12)14/h4-5,7-9,15H,3,6,10H2,1-2H3,(H,19,22)/t15-/m0/s1. The predicted octanol–water partition coefficient (Wildman–Crippen LogP) is 2.76. The van der Waals surface area contributed by atoms with Crippen molar-refractivity contribution in [2.45, 2.75) is 39.3 Å². The summed E-state index contributed by atoms with van der Waals surface area (Å²) in [5.74, 6) is -0.134. The second-order valence-corrected chi connectivity index (χ2v) is 5.66. The molecule has 3 amide bonds. The third kappa shape index (κ3) is 2.54. The van der Waals surface area contributed by atoms with E-state index in [0.717, 1.165) is 28.6 Å². The number of aryl methyl sites for hydroxylation is 1. The van der Waals surface area contributed by atoms with Gasteiger partial charge in [0.25, 0.3) is 5.91 Å². The average molecular weight is 297 g/mol. The highest BCUT2D eigenvalue weighted by Crippen LogP contribution is 2.22. The number of nitrogens with one attached hydrogen (secondary N) is 1. The topological polar surface area (TPSA) is 62.3 Å². The summed E-state index contributed by atoms with van der Waals surface area (Å²) in [7, 11) is 0. The number of rotatable bonds is 4. The molecule has 0 spiro atoms. The molecule has 2 heterocycles. The molecule has 1 fully saturated rings. The van der Waals surface area contributed by atoms with Crippen LogP contribution in [0.5, 0.6) is 0 Å². The number of aromatic nitrogens is 1. The van der Waals surface area contributed by atoms with Gasteiger partial charge in [0.05, 0.1) is 12.1 Å². The Morgan fingerprint density at radius 3 is 2.82 bits per heavy atom. The van der Waals surface area contributed by atoms with E-state index in [-0.39, 0.29) is 24.5 Å². The van der Waals surface area contributed by atoms with E-state index in [4.69, 9.17) is 0 Å². The minimum Gasteiger partial charge on any atom is -0.326 e. The van der Waals surface area contributed by atoms with Crippen LogP contribution in [0.1, 0.15) is 31.0 Å². The molecule has 3 rings (SSSR count). The van der Waals surface area contributed by atoms with Gasteiger partial charge in [-0.15, -0.1) is 0 Å². The summed E-state index contributed by atoms with van der Waals surface area (Å²) >= 11 is 0. The summed E-state index contributed by atoms with van der Waals surface area (Å²) in [6, 6.07) is 9.04. The molecule has 5 nitrogen and oxygen atoms in total. The summed E-state index contributed by atoms with van der Waals surface area (Å²) < 4.78 is 0. The minimum absolute atomic E-state index is 0.134. The zero-order chi connectivity index (χ0) is 15.7. The van der Waals surface area contributed by atoms with Gasteiger partial charge in [0.2, 0.25) is 0 Å². The average Bonchev–Trinajstić information content (AvgIpc) is 2.75. The zero-order valence-corrected chi connectivity index (χ0v) is 12.8. The van der Waals surface area contributed by atoms with E-state index >= 15 is 0 Å². The quantitative estimate of drug-likeness (QED) is 0.883. The fourth-order valence-corrected chi connectivity index (χ4v) is 2.91. The maximum absolute atomic E-state index is 12.4. The lowest BCUT2D eigenvalue weighted by Crippen LogP contribution is -2.31. The maximum Gasteiger partial charge on any atom is 0.325 e. The maximum atomic E-state index is 12.4. The highest BCUT2D eigenvalue weighted by atomic mass is 16.2. The molecule has 114 valence electrons. The van der Waals surface area contributed by atoms with E-state index in [1.165, 1.54) is 4.90 Å². The highest BCUT2D eigenvalue weighted by Gasteiger charge is 2.37. The summed E-state index contributed by atoms with van der Waals surface area (Å²) in [5, 5.41) is 3.74. The van der Waals surface area contributed by atoms with Crippen LogP contribution in [0, 0.1) is 6.92 Å². The number of hydrogen-bond donors (Lipinski definition) is 1. The van der Waals surface area contributed by atoms with Crippen LogP contribution in [0.3, 0.4) is 0 Å². The monoisotopic (exact) mass is 297 g/mol. The summed E-state index contributed by atoms with van der Waals surface area (Å²) in [6.07, 6.45) is 1.54. The van der Waals surface area contributed by atoms with Crippen LogP contribution in [-0.2, 0) is 11.3 Å². The van der Waals surface area contributed by atoms with E-state index in [2.05, 4.69) is 10.3 Å². The number of urea groups is 1. The Kier molecular flexibility index (Phi) is 3.79. The Balaban J connectivity index is 1.93. The zero-order valence-electron chi connectivity index (χ0n) is 12.8. The van der Waals surface area contributed by atoms with Gasteiger partial charge in [-0.25, -0.2) is 4.79 Å². The molecule has 5 heteroatoms. The number of carbonyl (C=O) groups is 2. The Morgan fingerprint density at radius 2 is 2.05 bits per heavy atom. The van der Waals surface area contributed by atoms with E-state index < -0.39 is 0 Å². The van der Waals surface area contributed by atoms with Gasteiger partial charge >= 0.3 is 6.03 Å². The van der Waals surface area contributed by atoms with Gasteiger partial charge in [0.1, 0.15) is 6.04 Å². The first-order valence-corrected chi connectivity index (χ1v) is 7.57. The van der Waals surface area contributed by atoms with Gasteiger partial charge in [0.15, 0.2) is 0 Å². The summed E-state index contributed by atoms with van der Waals surface area (Å²) in [4.78, 5) is 30.2. The Morgan fingerprint density at radius 1 is 1.27 bits per heavy atom. The molecule has 1 saturated heterocycles. The second kappa shape index (κ2) is 5.75.